The number of rotatable bonds is 6. The van der Waals surface area contributed by atoms with E-state index in [-0.39, 0.29) is 30.5 Å². The van der Waals surface area contributed by atoms with Gasteiger partial charge >= 0.3 is 5.97 Å². The number of hydrogen-bond donors (Lipinski definition) is 0. The Morgan fingerprint density at radius 3 is 2.41 bits per heavy atom. The van der Waals surface area contributed by atoms with Crippen LogP contribution in [0.2, 0.25) is 10.0 Å². The van der Waals surface area contributed by atoms with E-state index in [1.165, 1.54) is 24.3 Å². The van der Waals surface area contributed by atoms with Gasteiger partial charge in [0.2, 0.25) is 5.89 Å². The summed E-state index contributed by atoms with van der Waals surface area (Å²) in [6.07, 6.45) is -0.0954. The van der Waals surface area contributed by atoms with Crippen LogP contribution in [0.5, 0.6) is 0 Å². The fraction of sp³-hybridized carbons (Fsp3) is 0.118. The molecule has 138 valence electrons. The predicted molar refractivity (Wildman–Crippen MR) is 96.4 cm³/mol. The first-order chi connectivity index (χ1) is 12.9. The van der Waals surface area contributed by atoms with Crippen molar-refractivity contribution >= 4 is 34.9 Å². The summed E-state index contributed by atoms with van der Waals surface area (Å²) in [6, 6.07) is 10.6. The second kappa shape index (κ2) is 8.15. The molecule has 0 unspecified atom stereocenters. The molecule has 0 bridgehead atoms. The molecule has 2 aromatic carbocycles. The van der Waals surface area contributed by atoms with Gasteiger partial charge in [0.25, 0.3) is 11.6 Å². The summed E-state index contributed by atoms with van der Waals surface area (Å²) in [6.45, 7) is -0.221. The fourth-order valence-corrected chi connectivity index (χ4v) is 2.72. The lowest BCUT2D eigenvalue weighted by Gasteiger charge is -2.06. The van der Waals surface area contributed by atoms with Crippen LogP contribution < -0.4 is 0 Å². The van der Waals surface area contributed by atoms with E-state index in [0.29, 0.717) is 21.2 Å². The Morgan fingerprint density at radius 2 is 1.78 bits per heavy atom. The van der Waals surface area contributed by atoms with Crippen molar-refractivity contribution in [1.82, 2.24) is 10.2 Å². The third-order valence-corrected chi connectivity index (χ3v) is 4.24. The Labute approximate surface area is 162 Å². The molecule has 27 heavy (non-hydrogen) atoms. The first kappa shape index (κ1) is 18.8. The zero-order valence-corrected chi connectivity index (χ0v) is 15.1. The number of hydrogen-bond acceptors (Lipinski definition) is 7. The lowest BCUT2D eigenvalue weighted by atomic mass is 10.1. The summed E-state index contributed by atoms with van der Waals surface area (Å²) in [4.78, 5) is 22.1. The molecule has 0 aliphatic heterocycles. The maximum absolute atomic E-state index is 12.0. The third-order valence-electron chi connectivity index (χ3n) is 3.53. The number of nitro groups is 1. The fourth-order valence-electron chi connectivity index (χ4n) is 2.19. The minimum Gasteiger partial charge on any atom is -0.455 e. The van der Waals surface area contributed by atoms with E-state index >= 15 is 0 Å². The Hall–Kier alpha value is -2.97. The number of halogens is 2. The number of ether oxygens (including phenoxy) is 1. The zero-order valence-electron chi connectivity index (χ0n) is 13.6. The van der Waals surface area contributed by atoms with Crippen LogP contribution in [0.25, 0.3) is 11.5 Å². The van der Waals surface area contributed by atoms with Crippen LogP contribution in [0, 0.1) is 10.1 Å². The summed E-state index contributed by atoms with van der Waals surface area (Å²) in [7, 11) is 0. The van der Waals surface area contributed by atoms with Crippen molar-refractivity contribution in [3.05, 3.63) is 74.1 Å². The Balaban J connectivity index is 1.61. The van der Waals surface area contributed by atoms with Crippen LogP contribution >= 0.6 is 23.2 Å². The van der Waals surface area contributed by atoms with Crippen molar-refractivity contribution in [3.63, 3.8) is 0 Å². The Kier molecular flexibility index (Phi) is 5.68. The van der Waals surface area contributed by atoms with E-state index in [2.05, 4.69) is 10.2 Å². The number of carbonyl (C=O) groups is 1. The lowest BCUT2D eigenvalue weighted by molar-refractivity contribution is -0.384. The highest BCUT2D eigenvalue weighted by atomic mass is 35.5. The molecule has 1 heterocycles. The molecule has 0 spiro atoms. The van der Waals surface area contributed by atoms with E-state index in [0.717, 1.165) is 0 Å². The van der Waals surface area contributed by atoms with Crippen LogP contribution in [-0.2, 0) is 22.6 Å². The molecule has 0 radical (unpaired) electrons. The molecular weight excluding hydrogens is 397 g/mol. The van der Waals surface area contributed by atoms with Gasteiger partial charge in [-0.15, -0.1) is 10.2 Å². The van der Waals surface area contributed by atoms with Crippen LogP contribution in [0.4, 0.5) is 5.69 Å². The van der Waals surface area contributed by atoms with Crippen molar-refractivity contribution in [2.45, 2.75) is 13.0 Å². The van der Waals surface area contributed by atoms with Gasteiger partial charge in [0.1, 0.15) is 0 Å². The summed E-state index contributed by atoms with van der Waals surface area (Å²) in [5, 5.41) is 19.0. The molecule has 0 amide bonds. The van der Waals surface area contributed by atoms with Gasteiger partial charge in [0.15, 0.2) is 6.61 Å². The molecule has 0 aliphatic rings. The van der Waals surface area contributed by atoms with Gasteiger partial charge in [-0.25, -0.2) is 0 Å². The average molecular weight is 408 g/mol. The maximum Gasteiger partial charge on any atom is 0.310 e. The van der Waals surface area contributed by atoms with Gasteiger partial charge in [0.05, 0.1) is 11.3 Å². The predicted octanol–water partition coefficient (Wildman–Crippen LogP) is 4.24. The molecule has 10 heteroatoms. The topological polar surface area (TPSA) is 108 Å². The van der Waals surface area contributed by atoms with Crippen LogP contribution in [-0.4, -0.2) is 21.1 Å². The number of esters is 1. The second-order valence-corrected chi connectivity index (χ2v) is 6.16. The molecule has 8 nitrogen and oxygen atoms in total. The van der Waals surface area contributed by atoms with Crippen LogP contribution in [0.15, 0.2) is 46.9 Å². The number of aromatic nitrogens is 2. The Bertz CT molecular complexity index is 968. The monoisotopic (exact) mass is 407 g/mol. The number of nitro benzene ring substituents is 1. The van der Waals surface area contributed by atoms with E-state index in [1.807, 2.05) is 0 Å². The summed E-state index contributed by atoms with van der Waals surface area (Å²) < 4.78 is 10.5. The van der Waals surface area contributed by atoms with E-state index in [4.69, 9.17) is 32.4 Å². The van der Waals surface area contributed by atoms with Crippen LogP contribution in [0.1, 0.15) is 11.5 Å². The smallest absolute Gasteiger partial charge is 0.310 e. The summed E-state index contributed by atoms with van der Waals surface area (Å²) >= 11 is 12.0. The summed E-state index contributed by atoms with van der Waals surface area (Å²) in [5.41, 5.74) is 0.933. The SMILES string of the molecule is O=C(Cc1c(Cl)cccc1Cl)OCc1nnc(-c2ccc([N+](=O)[O-])cc2)o1. The molecule has 0 fully saturated rings. The van der Waals surface area contributed by atoms with Crippen molar-refractivity contribution in [1.29, 1.82) is 0 Å². The highest BCUT2D eigenvalue weighted by Gasteiger charge is 2.15. The quantitative estimate of drug-likeness (QED) is 0.341. The molecule has 0 saturated carbocycles. The number of benzene rings is 2. The van der Waals surface area contributed by atoms with Gasteiger partial charge in [-0.1, -0.05) is 29.3 Å². The van der Waals surface area contributed by atoms with Gasteiger partial charge in [0, 0.05) is 33.3 Å². The molecule has 3 aromatic rings. The highest BCUT2D eigenvalue weighted by molar-refractivity contribution is 6.36. The van der Waals surface area contributed by atoms with Gasteiger partial charge in [-0.2, -0.15) is 0 Å². The van der Waals surface area contributed by atoms with Crippen LogP contribution in [0.3, 0.4) is 0 Å². The standard InChI is InChI=1S/C17H11Cl2N3O5/c18-13-2-1-3-14(19)12(13)8-16(23)26-9-15-20-21-17(27-15)10-4-6-11(7-5-10)22(24)25/h1-7H,8-9H2. The second-order valence-electron chi connectivity index (χ2n) is 5.34. The molecule has 0 aliphatic carbocycles. The molecule has 0 saturated heterocycles. The average Bonchev–Trinajstić information content (AvgIpc) is 3.12. The number of non-ortho nitro benzene ring substituents is 1. The molecule has 0 atom stereocenters. The van der Waals surface area contributed by atoms with Crippen molar-refractivity contribution in [2.75, 3.05) is 0 Å². The number of carbonyl (C=O) groups excluding carboxylic acids is 1. The number of nitrogens with zero attached hydrogens (tertiary/aromatic N) is 3. The van der Waals surface area contributed by atoms with E-state index < -0.39 is 10.9 Å². The van der Waals surface area contributed by atoms with Gasteiger partial charge in [-0.05, 0) is 24.3 Å². The van der Waals surface area contributed by atoms with E-state index in [9.17, 15) is 14.9 Å². The first-order valence-corrected chi connectivity index (χ1v) is 8.35. The van der Waals surface area contributed by atoms with Crippen molar-refractivity contribution < 1.29 is 18.9 Å². The van der Waals surface area contributed by atoms with E-state index in [1.54, 1.807) is 18.2 Å². The minimum atomic E-state index is -0.555. The minimum absolute atomic E-state index is 0.0503. The molecule has 0 N–H and O–H groups in total. The Morgan fingerprint density at radius 1 is 1.11 bits per heavy atom. The van der Waals surface area contributed by atoms with Gasteiger partial charge in [-0.3, -0.25) is 14.9 Å². The third kappa shape index (κ3) is 4.60. The molecule has 3 rings (SSSR count). The zero-order chi connectivity index (χ0) is 19.4. The van der Waals surface area contributed by atoms with Crippen molar-refractivity contribution in [3.8, 4) is 11.5 Å². The molecule has 1 aromatic heterocycles. The first-order valence-electron chi connectivity index (χ1n) is 7.60. The maximum atomic E-state index is 12.0. The summed E-state index contributed by atoms with van der Waals surface area (Å²) in [5.74, 6) is -0.313. The van der Waals surface area contributed by atoms with Gasteiger partial charge < -0.3 is 9.15 Å². The molecular formula is C17H11Cl2N3O5. The van der Waals surface area contributed by atoms with Crippen molar-refractivity contribution in [2.24, 2.45) is 0 Å². The normalized spacial score (nSPS) is 10.6. The lowest BCUT2D eigenvalue weighted by Crippen LogP contribution is -2.09. The highest BCUT2D eigenvalue weighted by Crippen LogP contribution is 2.25. The largest absolute Gasteiger partial charge is 0.455 e.